The standard InChI is InChI=1S/C18H23NO2S2/c20-17(19-13-18(21)8-10-22-11-9-18)7-3-4-14-12-23-16-6-2-1-5-15(14)16/h1-2,5-6,12,21H,3-4,7-11,13H2,(H,19,20). The molecule has 0 unspecified atom stereocenters. The van der Waals surface area contributed by atoms with E-state index in [1.807, 2.05) is 11.8 Å². The molecule has 1 amide bonds. The van der Waals surface area contributed by atoms with Gasteiger partial charge in [-0.2, -0.15) is 11.8 Å². The van der Waals surface area contributed by atoms with Gasteiger partial charge in [0, 0.05) is 17.7 Å². The van der Waals surface area contributed by atoms with Crippen LogP contribution < -0.4 is 5.32 Å². The highest BCUT2D eigenvalue weighted by atomic mass is 32.2. The lowest BCUT2D eigenvalue weighted by Gasteiger charge is -2.31. The van der Waals surface area contributed by atoms with Gasteiger partial charge in [-0.25, -0.2) is 0 Å². The van der Waals surface area contributed by atoms with E-state index in [0.717, 1.165) is 37.2 Å². The number of carbonyl (C=O) groups is 1. The number of nitrogens with one attached hydrogen (secondary N) is 1. The minimum atomic E-state index is -0.690. The summed E-state index contributed by atoms with van der Waals surface area (Å²) in [6.45, 7) is 0.397. The number of thiophene rings is 1. The van der Waals surface area contributed by atoms with E-state index in [0.29, 0.717) is 13.0 Å². The highest BCUT2D eigenvalue weighted by Gasteiger charge is 2.29. The Morgan fingerprint density at radius 2 is 2.04 bits per heavy atom. The summed E-state index contributed by atoms with van der Waals surface area (Å²) in [5.41, 5.74) is 0.645. The van der Waals surface area contributed by atoms with Crippen molar-refractivity contribution in [3.8, 4) is 0 Å². The van der Waals surface area contributed by atoms with Crippen LogP contribution in [0, 0.1) is 0 Å². The maximum Gasteiger partial charge on any atom is 0.220 e. The minimum Gasteiger partial charge on any atom is -0.388 e. The Morgan fingerprint density at radius 3 is 2.87 bits per heavy atom. The summed E-state index contributed by atoms with van der Waals surface area (Å²) in [6.07, 6.45) is 3.85. The summed E-state index contributed by atoms with van der Waals surface area (Å²) in [6, 6.07) is 8.41. The zero-order valence-corrected chi connectivity index (χ0v) is 14.8. The maximum absolute atomic E-state index is 12.0. The lowest BCUT2D eigenvalue weighted by molar-refractivity contribution is -0.122. The Kier molecular flexibility index (Phi) is 5.62. The molecule has 124 valence electrons. The Bertz CT molecular complexity index is 662. The third-order valence-electron chi connectivity index (χ3n) is 4.45. The fourth-order valence-corrected chi connectivity index (χ4v) is 5.20. The van der Waals surface area contributed by atoms with Crippen molar-refractivity contribution in [1.82, 2.24) is 5.32 Å². The van der Waals surface area contributed by atoms with E-state index in [1.54, 1.807) is 11.3 Å². The zero-order chi connectivity index (χ0) is 16.1. The minimum absolute atomic E-state index is 0.0520. The van der Waals surface area contributed by atoms with E-state index < -0.39 is 5.60 Å². The molecule has 0 atom stereocenters. The first-order valence-corrected chi connectivity index (χ1v) is 10.2. The molecule has 1 aromatic carbocycles. The van der Waals surface area contributed by atoms with Crippen LogP contribution in [-0.2, 0) is 11.2 Å². The van der Waals surface area contributed by atoms with Crippen molar-refractivity contribution in [2.45, 2.75) is 37.7 Å². The van der Waals surface area contributed by atoms with Crippen molar-refractivity contribution in [2.24, 2.45) is 0 Å². The van der Waals surface area contributed by atoms with Crippen molar-refractivity contribution >= 4 is 39.1 Å². The topological polar surface area (TPSA) is 49.3 Å². The molecule has 2 aromatic rings. The SMILES string of the molecule is O=C(CCCc1csc2ccccc12)NCC1(O)CCSCC1. The van der Waals surface area contributed by atoms with Crippen LogP contribution in [0.5, 0.6) is 0 Å². The normalized spacial score (nSPS) is 17.3. The Hall–Kier alpha value is -1.04. The molecule has 0 aliphatic carbocycles. The van der Waals surface area contributed by atoms with Gasteiger partial charge in [-0.3, -0.25) is 4.79 Å². The van der Waals surface area contributed by atoms with Crippen LogP contribution in [0.25, 0.3) is 10.1 Å². The fourth-order valence-electron chi connectivity index (χ4n) is 2.95. The molecule has 0 radical (unpaired) electrons. The zero-order valence-electron chi connectivity index (χ0n) is 13.2. The third-order valence-corrected chi connectivity index (χ3v) is 6.45. The lowest BCUT2D eigenvalue weighted by Crippen LogP contribution is -2.45. The molecule has 3 rings (SSSR count). The number of benzene rings is 1. The van der Waals surface area contributed by atoms with Crippen molar-refractivity contribution < 1.29 is 9.90 Å². The molecule has 1 aliphatic rings. The van der Waals surface area contributed by atoms with Crippen LogP contribution in [0.15, 0.2) is 29.6 Å². The predicted octanol–water partition coefficient (Wildman–Crippen LogP) is 3.60. The Labute approximate surface area is 145 Å². The molecule has 1 aliphatic heterocycles. The summed E-state index contributed by atoms with van der Waals surface area (Å²) in [4.78, 5) is 12.0. The van der Waals surface area contributed by atoms with E-state index >= 15 is 0 Å². The first-order valence-electron chi connectivity index (χ1n) is 8.18. The first kappa shape index (κ1) is 16.8. The molecule has 5 heteroatoms. The van der Waals surface area contributed by atoms with Crippen molar-refractivity contribution in [1.29, 1.82) is 0 Å². The number of rotatable bonds is 6. The monoisotopic (exact) mass is 349 g/mol. The van der Waals surface area contributed by atoms with Gasteiger partial charge in [0.1, 0.15) is 0 Å². The average molecular weight is 350 g/mol. The molecule has 23 heavy (non-hydrogen) atoms. The second-order valence-corrected chi connectivity index (χ2v) is 8.36. The highest BCUT2D eigenvalue weighted by Crippen LogP contribution is 2.27. The number of amides is 1. The molecule has 0 spiro atoms. The van der Waals surface area contributed by atoms with Gasteiger partial charge in [-0.15, -0.1) is 11.3 Å². The van der Waals surface area contributed by atoms with E-state index in [-0.39, 0.29) is 5.91 Å². The quantitative estimate of drug-likeness (QED) is 0.838. The van der Waals surface area contributed by atoms with Crippen molar-refractivity contribution in [3.63, 3.8) is 0 Å². The van der Waals surface area contributed by atoms with E-state index in [1.165, 1.54) is 15.6 Å². The van der Waals surface area contributed by atoms with Gasteiger partial charge in [0.05, 0.1) is 5.60 Å². The van der Waals surface area contributed by atoms with Crippen molar-refractivity contribution in [3.05, 3.63) is 35.2 Å². The van der Waals surface area contributed by atoms with Gasteiger partial charge >= 0.3 is 0 Å². The van der Waals surface area contributed by atoms with Crippen LogP contribution in [0.4, 0.5) is 0 Å². The Morgan fingerprint density at radius 1 is 1.26 bits per heavy atom. The molecule has 2 heterocycles. The van der Waals surface area contributed by atoms with Gasteiger partial charge in [0.2, 0.25) is 5.91 Å². The van der Waals surface area contributed by atoms with E-state index in [2.05, 4.69) is 35.0 Å². The molecular formula is C18H23NO2S2. The molecule has 3 nitrogen and oxygen atoms in total. The summed E-state index contributed by atoms with van der Waals surface area (Å²) in [5.74, 6) is 2.02. The molecule has 1 fully saturated rings. The van der Waals surface area contributed by atoms with Gasteiger partial charge in [0.15, 0.2) is 0 Å². The molecule has 1 aromatic heterocycles. The molecule has 2 N–H and O–H groups in total. The number of thioether (sulfide) groups is 1. The molecule has 1 saturated heterocycles. The first-order chi connectivity index (χ1) is 11.2. The van der Waals surface area contributed by atoms with E-state index in [4.69, 9.17) is 0 Å². The summed E-state index contributed by atoms with van der Waals surface area (Å²) in [5, 5.41) is 16.8. The molecule has 0 saturated carbocycles. The van der Waals surface area contributed by atoms with Gasteiger partial charge < -0.3 is 10.4 Å². The summed E-state index contributed by atoms with van der Waals surface area (Å²) < 4.78 is 1.31. The summed E-state index contributed by atoms with van der Waals surface area (Å²) >= 11 is 3.64. The van der Waals surface area contributed by atoms with Crippen molar-refractivity contribution in [2.75, 3.05) is 18.1 Å². The maximum atomic E-state index is 12.0. The van der Waals surface area contributed by atoms with Crippen LogP contribution in [-0.4, -0.2) is 34.7 Å². The van der Waals surface area contributed by atoms with Gasteiger partial charge in [0.25, 0.3) is 0 Å². The van der Waals surface area contributed by atoms with E-state index in [9.17, 15) is 9.90 Å². The van der Waals surface area contributed by atoms with Crippen LogP contribution in [0.3, 0.4) is 0 Å². The fraction of sp³-hybridized carbons (Fsp3) is 0.500. The number of hydrogen-bond acceptors (Lipinski definition) is 4. The number of aryl methyl sites for hydroxylation is 1. The lowest BCUT2D eigenvalue weighted by atomic mass is 9.97. The summed E-state index contributed by atoms with van der Waals surface area (Å²) in [7, 11) is 0. The molecular weight excluding hydrogens is 326 g/mol. The number of aliphatic hydroxyl groups is 1. The highest BCUT2D eigenvalue weighted by molar-refractivity contribution is 7.99. The number of hydrogen-bond donors (Lipinski definition) is 2. The predicted molar refractivity (Wildman–Crippen MR) is 99.3 cm³/mol. The number of fused-ring (bicyclic) bond motifs is 1. The second kappa shape index (κ2) is 7.69. The third kappa shape index (κ3) is 4.49. The van der Waals surface area contributed by atoms with Gasteiger partial charge in [-0.1, -0.05) is 18.2 Å². The van der Waals surface area contributed by atoms with Gasteiger partial charge in [-0.05, 0) is 59.6 Å². The largest absolute Gasteiger partial charge is 0.388 e. The van der Waals surface area contributed by atoms with Crippen LogP contribution in [0.1, 0.15) is 31.2 Å². The van der Waals surface area contributed by atoms with Crippen LogP contribution in [0.2, 0.25) is 0 Å². The second-order valence-electron chi connectivity index (χ2n) is 6.22. The number of carbonyl (C=O) groups excluding carboxylic acids is 1. The smallest absolute Gasteiger partial charge is 0.220 e. The van der Waals surface area contributed by atoms with Crippen LogP contribution >= 0.6 is 23.1 Å². The average Bonchev–Trinajstić information content (AvgIpc) is 2.97. The molecule has 0 bridgehead atoms. The Balaban J connectivity index is 1.42.